The number of amides is 1. The van der Waals surface area contributed by atoms with Crippen molar-refractivity contribution in [3.63, 3.8) is 0 Å². The average molecular weight is 410 g/mol. The van der Waals surface area contributed by atoms with Crippen molar-refractivity contribution in [2.24, 2.45) is 0 Å². The first-order valence-corrected chi connectivity index (χ1v) is 10.6. The van der Waals surface area contributed by atoms with Crippen LogP contribution in [0.1, 0.15) is 16.1 Å². The van der Waals surface area contributed by atoms with Crippen LogP contribution < -0.4 is 14.8 Å². The third-order valence-corrected chi connectivity index (χ3v) is 6.95. The molecule has 0 aliphatic rings. The highest BCUT2D eigenvalue weighted by atomic mass is 32.2. The van der Waals surface area contributed by atoms with Crippen LogP contribution in [-0.4, -0.2) is 26.4 Å². The minimum absolute atomic E-state index is 0.146. The second-order valence-electron chi connectivity index (χ2n) is 5.11. The van der Waals surface area contributed by atoms with E-state index in [9.17, 15) is 13.2 Å². The van der Waals surface area contributed by atoms with Crippen molar-refractivity contribution < 1.29 is 17.9 Å². The van der Waals surface area contributed by atoms with Gasteiger partial charge in [0, 0.05) is 11.9 Å². The van der Waals surface area contributed by atoms with Crippen LogP contribution in [-0.2, 0) is 16.6 Å². The maximum absolute atomic E-state index is 12.2. The fourth-order valence-electron chi connectivity index (χ4n) is 2.02. The second kappa shape index (κ2) is 7.85. The zero-order valence-corrected chi connectivity index (χ0v) is 16.1. The first-order valence-electron chi connectivity index (χ1n) is 7.41. The molecule has 136 valence electrons. The molecule has 0 saturated heterocycles. The molecule has 0 spiro atoms. The summed E-state index contributed by atoms with van der Waals surface area (Å²) in [5.74, 6) is 0.362. The molecular formula is C16H15N3O4S3. The number of benzene rings is 1. The number of aromatic nitrogens is 1. The van der Waals surface area contributed by atoms with Gasteiger partial charge in [0.2, 0.25) is 0 Å². The maximum Gasteiger partial charge on any atom is 0.273 e. The van der Waals surface area contributed by atoms with Gasteiger partial charge in [-0.1, -0.05) is 18.2 Å². The molecule has 0 unspecified atom stereocenters. The van der Waals surface area contributed by atoms with Gasteiger partial charge in [0.15, 0.2) is 5.13 Å². The van der Waals surface area contributed by atoms with Gasteiger partial charge in [-0.25, -0.2) is 13.4 Å². The molecule has 2 heterocycles. The fraction of sp³-hybridized carbons (Fsp3) is 0.125. The van der Waals surface area contributed by atoms with Gasteiger partial charge in [-0.3, -0.25) is 9.52 Å². The summed E-state index contributed by atoms with van der Waals surface area (Å²) in [5.41, 5.74) is 1.07. The van der Waals surface area contributed by atoms with E-state index in [4.69, 9.17) is 4.74 Å². The van der Waals surface area contributed by atoms with E-state index in [0.717, 1.165) is 34.0 Å². The van der Waals surface area contributed by atoms with Crippen LogP contribution >= 0.6 is 22.7 Å². The standard InChI is InChI=1S/C16H15N3O4S3/c1-23-12-6-4-11(5-7-12)9-17-15(20)13-10-25-16(18-13)19-26(21,22)14-3-2-8-24-14/h2-8,10H,9H2,1H3,(H,17,20)(H,18,19). The van der Waals surface area contributed by atoms with E-state index in [0.29, 0.717) is 6.54 Å². The average Bonchev–Trinajstić information content (AvgIpc) is 3.32. The Hall–Kier alpha value is -2.43. The van der Waals surface area contributed by atoms with Gasteiger partial charge in [0.1, 0.15) is 15.7 Å². The molecule has 0 saturated carbocycles. The van der Waals surface area contributed by atoms with Crippen molar-refractivity contribution in [2.75, 3.05) is 11.8 Å². The molecule has 0 fully saturated rings. The Morgan fingerprint density at radius 3 is 2.62 bits per heavy atom. The van der Waals surface area contributed by atoms with Crippen molar-refractivity contribution in [1.82, 2.24) is 10.3 Å². The Labute approximate surface area is 158 Å². The second-order valence-corrected chi connectivity index (χ2v) is 8.82. The number of carbonyl (C=O) groups excluding carboxylic acids is 1. The van der Waals surface area contributed by atoms with Crippen LogP contribution in [0.2, 0.25) is 0 Å². The van der Waals surface area contributed by atoms with Crippen LogP contribution in [0.15, 0.2) is 51.4 Å². The minimum Gasteiger partial charge on any atom is -0.497 e. The number of anilines is 1. The molecule has 0 aliphatic carbocycles. The van der Waals surface area contributed by atoms with Gasteiger partial charge in [-0.05, 0) is 29.1 Å². The highest BCUT2D eigenvalue weighted by Gasteiger charge is 2.18. The first-order chi connectivity index (χ1) is 12.5. The predicted octanol–water partition coefficient (Wildman–Crippen LogP) is 2.94. The Balaban J connectivity index is 1.60. The van der Waals surface area contributed by atoms with Crippen LogP contribution in [0, 0.1) is 0 Å². The monoisotopic (exact) mass is 409 g/mol. The van der Waals surface area contributed by atoms with Crippen molar-refractivity contribution in [3.8, 4) is 5.75 Å². The topological polar surface area (TPSA) is 97.4 Å². The molecule has 0 aliphatic heterocycles. The summed E-state index contributed by atoms with van der Waals surface area (Å²) in [4.78, 5) is 16.2. The summed E-state index contributed by atoms with van der Waals surface area (Å²) in [6.45, 7) is 0.330. The summed E-state index contributed by atoms with van der Waals surface area (Å²) < 4.78 is 32.0. The number of carbonyl (C=O) groups is 1. The molecule has 1 aromatic carbocycles. The van der Waals surface area contributed by atoms with Crippen LogP contribution in [0.4, 0.5) is 5.13 Å². The van der Waals surface area contributed by atoms with Gasteiger partial charge in [-0.15, -0.1) is 22.7 Å². The van der Waals surface area contributed by atoms with Gasteiger partial charge in [0.05, 0.1) is 7.11 Å². The number of hydrogen-bond acceptors (Lipinski definition) is 7. The van der Waals surface area contributed by atoms with Crippen molar-refractivity contribution in [1.29, 1.82) is 0 Å². The van der Waals surface area contributed by atoms with E-state index in [1.165, 1.54) is 11.4 Å². The van der Waals surface area contributed by atoms with E-state index in [1.54, 1.807) is 18.6 Å². The smallest absolute Gasteiger partial charge is 0.273 e. The Morgan fingerprint density at radius 1 is 1.19 bits per heavy atom. The third-order valence-electron chi connectivity index (χ3n) is 3.33. The lowest BCUT2D eigenvalue weighted by molar-refractivity contribution is 0.0946. The summed E-state index contributed by atoms with van der Waals surface area (Å²) in [7, 11) is -2.08. The molecular weight excluding hydrogens is 394 g/mol. The predicted molar refractivity (Wildman–Crippen MR) is 101 cm³/mol. The summed E-state index contributed by atoms with van der Waals surface area (Å²) in [6.07, 6.45) is 0. The Morgan fingerprint density at radius 2 is 1.96 bits per heavy atom. The molecule has 2 aromatic heterocycles. The number of thiophene rings is 1. The van der Waals surface area contributed by atoms with E-state index < -0.39 is 10.0 Å². The summed E-state index contributed by atoms with van der Waals surface area (Å²) >= 11 is 2.16. The first kappa shape index (κ1) is 18.4. The van der Waals surface area contributed by atoms with E-state index in [-0.39, 0.29) is 20.9 Å². The number of ether oxygens (including phenoxy) is 1. The molecule has 0 bridgehead atoms. The van der Waals surface area contributed by atoms with Crippen LogP contribution in [0.25, 0.3) is 0 Å². The highest BCUT2D eigenvalue weighted by molar-refractivity contribution is 7.94. The Kier molecular flexibility index (Phi) is 5.55. The lowest BCUT2D eigenvalue weighted by atomic mass is 10.2. The maximum atomic E-state index is 12.2. The number of sulfonamides is 1. The van der Waals surface area contributed by atoms with Crippen molar-refractivity contribution in [3.05, 3.63) is 58.4 Å². The molecule has 26 heavy (non-hydrogen) atoms. The molecule has 3 aromatic rings. The number of thiazole rings is 1. The molecule has 0 atom stereocenters. The van der Waals surface area contributed by atoms with E-state index >= 15 is 0 Å². The molecule has 3 rings (SSSR count). The Bertz CT molecular complexity index is 980. The summed E-state index contributed by atoms with van der Waals surface area (Å²) in [5, 5.41) is 6.08. The molecule has 7 nitrogen and oxygen atoms in total. The number of methoxy groups -OCH3 is 1. The van der Waals surface area contributed by atoms with Gasteiger partial charge < -0.3 is 10.1 Å². The third kappa shape index (κ3) is 4.40. The van der Waals surface area contributed by atoms with Crippen LogP contribution in [0.5, 0.6) is 5.75 Å². The van der Waals surface area contributed by atoms with Gasteiger partial charge in [0.25, 0.3) is 15.9 Å². The van der Waals surface area contributed by atoms with Crippen molar-refractivity contribution >= 4 is 43.7 Å². The lowest BCUT2D eigenvalue weighted by Gasteiger charge is -2.05. The van der Waals surface area contributed by atoms with Crippen LogP contribution in [0.3, 0.4) is 0 Å². The number of hydrogen-bond donors (Lipinski definition) is 2. The van der Waals surface area contributed by atoms with Gasteiger partial charge in [-0.2, -0.15) is 0 Å². The number of nitrogens with one attached hydrogen (secondary N) is 2. The SMILES string of the molecule is COc1ccc(CNC(=O)c2csc(NS(=O)(=O)c3cccs3)n2)cc1. The van der Waals surface area contributed by atoms with Crippen molar-refractivity contribution in [2.45, 2.75) is 10.8 Å². The van der Waals surface area contributed by atoms with E-state index in [1.807, 2.05) is 24.3 Å². The fourth-order valence-corrected chi connectivity index (χ4v) is 4.96. The lowest BCUT2D eigenvalue weighted by Crippen LogP contribution is -2.23. The largest absolute Gasteiger partial charge is 0.497 e. The zero-order valence-electron chi connectivity index (χ0n) is 13.6. The number of rotatable bonds is 7. The molecule has 1 amide bonds. The minimum atomic E-state index is -3.67. The summed E-state index contributed by atoms with van der Waals surface area (Å²) in [6, 6.07) is 10.5. The van der Waals surface area contributed by atoms with Gasteiger partial charge >= 0.3 is 0 Å². The molecule has 2 N–H and O–H groups in total. The molecule has 0 radical (unpaired) electrons. The highest BCUT2D eigenvalue weighted by Crippen LogP contribution is 2.22. The zero-order chi connectivity index (χ0) is 18.6. The molecule has 10 heteroatoms. The normalized spacial score (nSPS) is 11.1. The van der Waals surface area contributed by atoms with E-state index in [2.05, 4.69) is 15.0 Å². The number of nitrogens with zero attached hydrogens (tertiary/aromatic N) is 1. The quantitative estimate of drug-likeness (QED) is 0.625.